The van der Waals surface area contributed by atoms with Gasteiger partial charge in [0.05, 0.1) is 17.9 Å². The van der Waals surface area contributed by atoms with Crippen molar-refractivity contribution in [3.63, 3.8) is 0 Å². The smallest absolute Gasteiger partial charge is 0.414 e. The maximum atomic E-state index is 12.8. The second kappa shape index (κ2) is 6.79. The van der Waals surface area contributed by atoms with Crippen molar-refractivity contribution in [1.29, 1.82) is 0 Å². The van der Waals surface area contributed by atoms with Gasteiger partial charge in [0.1, 0.15) is 6.73 Å². The summed E-state index contributed by atoms with van der Waals surface area (Å²) in [6, 6.07) is 6.99. The van der Waals surface area contributed by atoms with Crippen molar-refractivity contribution in [2.75, 3.05) is 13.8 Å². The molecule has 2 aliphatic heterocycles. The fraction of sp³-hybridized carbons (Fsp3) is 0.350. The highest BCUT2D eigenvalue weighted by molar-refractivity contribution is 6.05. The van der Waals surface area contributed by atoms with Gasteiger partial charge in [-0.1, -0.05) is 24.3 Å². The molecule has 1 N–H and O–H groups in total. The molecular formula is C20H20N2O6. The van der Waals surface area contributed by atoms with E-state index in [9.17, 15) is 19.5 Å². The summed E-state index contributed by atoms with van der Waals surface area (Å²) in [5.74, 6) is -1.10. The molecule has 1 aliphatic carbocycles. The molecule has 8 nitrogen and oxygen atoms in total. The number of carbonyl (C=O) groups excluding carboxylic acids is 2. The van der Waals surface area contributed by atoms with Gasteiger partial charge in [-0.2, -0.15) is 0 Å². The van der Waals surface area contributed by atoms with E-state index in [2.05, 4.69) is 0 Å². The van der Waals surface area contributed by atoms with Crippen LogP contribution < -0.4 is 0 Å². The van der Waals surface area contributed by atoms with Gasteiger partial charge in [-0.05, 0) is 30.5 Å². The fourth-order valence-corrected chi connectivity index (χ4v) is 4.18. The summed E-state index contributed by atoms with van der Waals surface area (Å²) in [5.41, 5.74) is 2.69. The fourth-order valence-electron chi connectivity index (χ4n) is 4.18. The van der Waals surface area contributed by atoms with Crippen molar-refractivity contribution in [3.8, 4) is 0 Å². The Bertz CT molecular complexity index is 921. The minimum absolute atomic E-state index is 0.0488. The monoisotopic (exact) mass is 384 g/mol. The lowest BCUT2D eigenvalue weighted by Crippen LogP contribution is -2.37. The van der Waals surface area contributed by atoms with Crippen LogP contribution in [0.2, 0.25) is 0 Å². The molecule has 1 unspecified atom stereocenters. The lowest BCUT2D eigenvalue weighted by molar-refractivity contribution is -0.139. The van der Waals surface area contributed by atoms with Crippen LogP contribution in [0.4, 0.5) is 4.79 Å². The van der Waals surface area contributed by atoms with Gasteiger partial charge >= 0.3 is 6.09 Å². The molecule has 1 fully saturated rings. The van der Waals surface area contributed by atoms with E-state index in [0.29, 0.717) is 17.6 Å². The highest BCUT2D eigenvalue weighted by atomic mass is 16.5. The van der Waals surface area contributed by atoms with Gasteiger partial charge < -0.3 is 14.6 Å². The van der Waals surface area contributed by atoms with Crippen LogP contribution in [-0.2, 0) is 25.5 Å². The molecule has 2 heterocycles. The minimum atomic E-state index is -1.28. The van der Waals surface area contributed by atoms with Gasteiger partial charge in [0.25, 0.3) is 11.8 Å². The number of amides is 3. The quantitative estimate of drug-likeness (QED) is 0.630. The van der Waals surface area contributed by atoms with E-state index in [1.165, 1.54) is 18.3 Å². The Kier molecular flexibility index (Phi) is 4.43. The molecule has 146 valence electrons. The molecule has 3 aliphatic rings. The van der Waals surface area contributed by atoms with Crippen LogP contribution >= 0.6 is 0 Å². The molecule has 0 saturated carbocycles. The number of imide groups is 1. The first-order valence-corrected chi connectivity index (χ1v) is 8.92. The average Bonchev–Trinajstić information content (AvgIpc) is 3.25. The Hall–Kier alpha value is -3.13. The first-order valence-electron chi connectivity index (χ1n) is 8.92. The highest BCUT2D eigenvalue weighted by Gasteiger charge is 2.52. The molecule has 8 heteroatoms. The summed E-state index contributed by atoms with van der Waals surface area (Å²) in [6.45, 7) is 1.73. The lowest BCUT2D eigenvalue weighted by atomic mass is 9.97. The molecule has 0 aromatic heterocycles. The van der Waals surface area contributed by atoms with Gasteiger partial charge in [0, 0.05) is 18.6 Å². The number of nitrogens with zero attached hydrogens (tertiary/aromatic N) is 2. The zero-order chi connectivity index (χ0) is 20.0. The van der Waals surface area contributed by atoms with E-state index in [-0.39, 0.29) is 18.6 Å². The lowest BCUT2D eigenvalue weighted by Gasteiger charge is -2.23. The molecule has 0 radical (unpaired) electrons. The molecule has 0 bridgehead atoms. The standard InChI is InChI=1S/C20H20N2O6/c1-11-7-16(21(10-27-2)18(11)23)28-9-15-14-8-12-5-3-4-6-13(12)17(14)22(19(15)24)20(25)26/h3-7,9,14,16-17H,8,10H2,1-2H3,(H,25,26)/b15-9+/t14-,16?,17-/m1/s1. The summed E-state index contributed by atoms with van der Waals surface area (Å²) < 4.78 is 10.8. The summed E-state index contributed by atoms with van der Waals surface area (Å²) in [5, 5.41) is 9.59. The topological polar surface area (TPSA) is 96.4 Å². The van der Waals surface area contributed by atoms with E-state index < -0.39 is 24.3 Å². The third-order valence-electron chi connectivity index (χ3n) is 5.44. The third kappa shape index (κ3) is 2.68. The van der Waals surface area contributed by atoms with Gasteiger partial charge in [-0.25, -0.2) is 9.69 Å². The second-order valence-electron chi connectivity index (χ2n) is 7.05. The van der Waals surface area contributed by atoms with Crippen molar-refractivity contribution >= 4 is 17.9 Å². The molecule has 4 rings (SSSR count). The summed E-state index contributed by atoms with van der Waals surface area (Å²) in [6.07, 6.45) is 1.53. The summed E-state index contributed by atoms with van der Waals surface area (Å²) >= 11 is 0. The van der Waals surface area contributed by atoms with Crippen molar-refractivity contribution in [1.82, 2.24) is 9.80 Å². The van der Waals surface area contributed by atoms with Crippen molar-refractivity contribution in [2.24, 2.45) is 5.92 Å². The number of methoxy groups -OCH3 is 1. The maximum absolute atomic E-state index is 12.8. The van der Waals surface area contributed by atoms with Crippen LogP contribution in [0.3, 0.4) is 0 Å². The van der Waals surface area contributed by atoms with Crippen molar-refractivity contribution < 1.29 is 29.0 Å². The molecule has 1 aromatic rings. The first kappa shape index (κ1) is 18.2. The molecule has 1 aromatic carbocycles. The first-order chi connectivity index (χ1) is 13.4. The third-order valence-corrected chi connectivity index (χ3v) is 5.44. The molecule has 0 spiro atoms. The zero-order valence-corrected chi connectivity index (χ0v) is 15.5. The number of fused-ring (bicyclic) bond motifs is 3. The summed E-state index contributed by atoms with van der Waals surface area (Å²) in [4.78, 5) is 39.0. The van der Waals surface area contributed by atoms with E-state index >= 15 is 0 Å². The van der Waals surface area contributed by atoms with E-state index in [0.717, 1.165) is 16.0 Å². The molecule has 28 heavy (non-hydrogen) atoms. The number of ether oxygens (including phenoxy) is 2. The van der Waals surface area contributed by atoms with E-state index in [1.54, 1.807) is 13.0 Å². The number of rotatable bonds is 4. The van der Waals surface area contributed by atoms with Crippen molar-refractivity contribution in [3.05, 3.63) is 58.9 Å². The summed E-state index contributed by atoms with van der Waals surface area (Å²) in [7, 11) is 1.47. The average molecular weight is 384 g/mol. The number of likely N-dealkylation sites (tertiary alicyclic amines) is 1. The largest absolute Gasteiger partial charge is 0.474 e. The van der Waals surface area contributed by atoms with E-state index in [1.807, 2.05) is 24.3 Å². The Morgan fingerprint density at radius 2 is 2.04 bits per heavy atom. The normalized spacial score (nSPS) is 27.3. The Balaban J connectivity index is 1.64. The molecule has 3 amide bonds. The van der Waals surface area contributed by atoms with Crippen LogP contribution in [0, 0.1) is 5.92 Å². The van der Waals surface area contributed by atoms with Gasteiger partial charge in [0.2, 0.25) is 0 Å². The zero-order valence-electron chi connectivity index (χ0n) is 15.5. The van der Waals surface area contributed by atoms with E-state index in [4.69, 9.17) is 9.47 Å². The Labute approximate surface area is 161 Å². The minimum Gasteiger partial charge on any atom is -0.474 e. The van der Waals surface area contributed by atoms with Gasteiger partial charge in [-0.3, -0.25) is 14.5 Å². The van der Waals surface area contributed by atoms with Gasteiger partial charge in [-0.15, -0.1) is 0 Å². The number of carbonyl (C=O) groups is 3. The number of benzene rings is 1. The van der Waals surface area contributed by atoms with Crippen molar-refractivity contribution in [2.45, 2.75) is 25.6 Å². The Morgan fingerprint density at radius 3 is 2.75 bits per heavy atom. The van der Waals surface area contributed by atoms with Crippen LogP contribution in [0.1, 0.15) is 24.1 Å². The molecule has 1 saturated heterocycles. The highest BCUT2D eigenvalue weighted by Crippen LogP contribution is 2.49. The maximum Gasteiger partial charge on any atom is 0.414 e. The molecule has 3 atom stereocenters. The number of hydrogen-bond acceptors (Lipinski definition) is 5. The number of hydrogen-bond donors (Lipinski definition) is 1. The SMILES string of the molecule is COCN1C(=O)C(C)=CC1O/C=C1/C(=O)N(C(=O)O)[C@@H]2c3ccccc3C[C@H]12. The predicted octanol–water partition coefficient (Wildman–Crippen LogP) is 2.04. The predicted molar refractivity (Wildman–Crippen MR) is 96.7 cm³/mol. The van der Waals surface area contributed by atoms with Gasteiger partial charge in [0.15, 0.2) is 6.23 Å². The van der Waals surface area contributed by atoms with Crippen LogP contribution in [0.25, 0.3) is 0 Å². The number of carboxylic acid groups (broad SMARTS) is 1. The van der Waals surface area contributed by atoms with Crippen LogP contribution in [0.5, 0.6) is 0 Å². The Morgan fingerprint density at radius 1 is 1.29 bits per heavy atom. The van der Waals surface area contributed by atoms with Crippen LogP contribution in [0.15, 0.2) is 47.7 Å². The molecular weight excluding hydrogens is 364 g/mol. The second-order valence-corrected chi connectivity index (χ2v) is 7.05. The van der Waals surface area contributed by atoms with Crippen LogP contribution in [-0.4, -0.2) is 52.9 Å².